The Balaban J connectivity index is 2.66. The fraction of sp³-hybridized carbons (Fsp3) is 0.353. The van der Waals surface area contributed by atoms with Crippen LogP contribution < -0.4 is 10.5 Å². The fourth-order valence-electron chi connectivity index (χ4n) is 2.73. The number of benzene rings is 2. The van der Waals surface area contributed by atoms with E-state index in [1.54, 1.807) is 7.11 Å². The Labute approximate surface area is 124 Å². The smallest absolute Gasteiger partial charge is 0.304 e. The van der Waals surface area contributed by atoms with Crippen LogP contribution in [0.4, 0.5) is 0 Å². The molecule has 0 amide bonds. The Bertz CT molecular complexity index is 659. The van der Waals surface area contributed by atoms with E-state index in [9.17, 15) is 9.90 Å². The zero-order valence-electron chi connectivity index (χ0n) is 12.6. The predicted octanol–water partition coefficient (Wildman–Crippen LogP) is 3.14. The van der Waals surface area contributed by atoms with Gasteiger partial charge in [0.1, 0.15) is 5.75 Å². The molecule has 0 fully saturated rings. The second-order valence-corrected chi connectivity index (χ2v) is 5.87. The van der Waals surface area contributed by atoms with E-state index in [4.69, 9.17) is 10.5 Å². The van der Waals surface area contributed by atoms with E-state index >= 15 is 0 Å². The van der Waals surface area contributed by atoms with Gasteiger partial charge in [0.15, 0.2) is 0 Å². The Hall–Kier alpha value is -2.07. The van der Waals surface area contributed by atoms with Crippen LogP contribution in [0.3, 0.4) is 0 Å². The molecule has 112 valence electrons. The highest BCUT2D eigenvalue weighted by molar-refractivity contribution is 5.92. The predicted molar refractivity (Wildman–Crippen MR) is 83.8 cm³/mol. The molecular weight excluding hydrogens is 266 g/mol. The van der Waals surface area contributed by atoms with E-state index in [0.29, 0.717) is 0 Å². The van der Waals surface area contributed by atoms with E-state index in [2.05, 4.69) is 0 Å². The quantitative estimate of drug-likeness (QED) is 0.886. The molecule has 0 heterocycles. The molecule has 21 heavy (non-hydrogen) atoms. The SMILES string of the molecule is COc1ccc(C(CC(=O)O)C(C)(C)N)c2ccccc12. The Kier molecular flexibility index (Phi) is 4.19. The largest absolute Gasteiger partial charge is 0.496 e. The van der Waals surface area contributed by atoms with Gasteiger partial charge < -0.3 is 15.6 Å². The number of hydrogen-bond donors (Lipinski definition) is 2. The Morgan fingerprint density at radius 2 is 1.86 bits per heavy atom. The molecule has 0 saturated heterocycles. The Morgan fingerprint density at radius 3 is 2.38 bits per heavy atom. The number of nitrogens with two attached hydrogens (primary N) is 1. The number of methoxy groups -OCH3 is 1. The van der Waals surface area contributed by atoms with Gasteiger partial charge in [0.05, 0.1) is 13.5 Å². The van der Waals surface area contributed by atoms with Crippen molar-refractivity contribution in [2.45, 2.75) is 31.7 Å². The molecule has 1 atom stereocenters. The summed E-state index contributed by atoms with van der Waals surface area (Å²) in [5.74, 6) is -0.345. The first-order valence-corrected chi connectivity index (χ1v) is 6.91. The molecule has 0 saturated carbocycles. The minimum atomic E-state index is -0.849. The van der Waals surface area contributed by atoms with E-state index in [1.165, 1.54) is 0 Å². The summed E-state index contributed by atoms with van der Waals surface area (Å²) in [6.45, 7) is 3.72. The highest BCUT2D eigenvalue weighted by atomic mass is 16.5. The first-order valence-electron chi connectivity index (χ1n) is 6.91. The third-order valence-corrected chi connectivity index (χ3v) is 3.79. The number of carboxylic acids is 1. The monoisotopic (exact) mass is 287 g/mol. The molecule has 0 aliphatic heterocycles. The lowest BCUT2D eigenvalue weighted by Crippen LogP contribution is -2.40. The molecule has 3 N–H and O–H groups in total. The van der Waals surface area contributed by atoms with Gasteiger partial charge in [-0.05, 0) is 30.9 Å². The summed E-state index contributed by atoms with van der Waals surface area (Å²) < 4.78 is 5.38. The van der Waals surface area contributed by atoms with Crippen LogP contribution in [0.2, 0.25) is 0 Å². The van der Waals surface area contributed by atoms with Crippen molar-refractivity contribution in [1.29, 1.82) is 0 Å². The number of carboxylic acid groups (broad SMARTS) is 1. The lowest BCUT2D eigenvalue weighted by molar-refractivity contribution is -0.137. The van der Waals surface area contributed by atoms with Crippen LogP contribution in [-0.2, 0) is 4.79 Å². The average molecular weight is 287 g/mol. The highest BCUT2D eigenvalue weighted by Gasteiger charge is 2.30. The van der Waals surface area contributed by atoms with Crippen molar-refractivity contribution in [3.63, 3.8) is 0 Å². The van der Waals surface area contributed by atoms with E-state index in [-0.39, 0.29) is 12.3 Å². The standard InChI is InChI=1S/C17H21NO3/c1-17(2,18)14(10-16(19)20)12-8-9-15(21-3)13-7-5-4-6-11(12)13/h4-9,14H,10,18H2,1-3H3,(H,19,20). The number of fused-ring (bicyclic) bond motifs is 1. The van der Waals surface area contributed by atoms with Gasteiger partial charge in [-0.15, -0.1) is 0 Å². The van der Waals surface area contributed by atoms with E-state index in [1.807, 2.05) is 50.2 Å². The molecule has 1 unspecified atom stereocenters. The summed E-state index contributed by atoms with van der Waals surface area (Å²) in [4.78, 5) is 11.2. The zero-order chi connectivity index (χ0) is 15.6. The molecule has 0 aromatic heterocycles. The normalized spacial score (nSPS) is 13.1. The van der Waals surface area contributed by atoms with Crippen molar-refractivity contribution in [3.05, 3.63) is 42.0 Å². The van der Waals surface area contributed by atoms with E-state index < -0.39 is 11.5 Å². The molecule has 0 bridgehead atoms. The van der Waals surface area contributed by atoms with Crippen LogP contribution >= 0.6 is 0 Å². The van der Waals surface area contributed by atoms with Crippen LogP contribution in [-0.4, -0.2) is 23.7 Å². The maximum Gasteiger partial charge on any atom is 0.304 e. The van der Waals surface area contributed by atoms with E-state index in [0.717, 1.165) is 22.1 Å². The van der Waals surface area contributed by atoms with Crippen molar-refractivity contribution < 1.29 is 14.6 Å². The van der Waals surface area contributed by atoms with Gasteiger partial charge in [0, 0.05) is 16.8 Å². The second-order valence-electron chi connectivity index (χ2n) is 5.87. The van der Waals surface area contributed by atoms with Crippen molar-refractivity contribution in [3.8, 4) is 5.75 Å². The van der Waals surface area contributed by atoms with Crippen LogP contribution in [0.25, 0.3) is 10.8 Å². The molecule has 0 aliphatic carbocycles. The Morgan fingerprint density at radius 1 is 1.24 bits per heavy atom. The van der Waals surface area contributed by atoms with Gasteiger partial charge in [0.2, 0.25) is 0 Å². The molecule has 4 nitrogen and oxygen atoms in total. The van der Waals surface area contributed by atoms with Crippen LogP contribution in [0.5, 0.6) is 5.75 Å². The summed E-state index contributed by atoms with van der Waals surface area (Å²) in [5, 5.41) is 11.2. The molecule has 2 rings (SSSR count). The van der Waals surface area contributed by atoms with Crippen LogP contribution in [0.15, 0.2) is 36.4 Å². The third kappa shape index (κ3) is 3.16. The minimum absolute atomic E-state index is 0.000176. The average Bonchev–Trinajstić information content (AvgIpc) is 2.42. The molecule has 2 aromatic rings. The number of aliphatic carboxylic acids is 1. The summed E-state index contributed by atoms with van der Waals surface area (Å²) in [6.07, 6.45) is -0.000176. The van der Waals surface area contributed by atoms with Crippen molar-refractivity contribution in [2.75, 3.05) is 7.11 Å². The first-order chi connectivity index (χ1) is 9.84. The van der Waals surface area contributed by atoms with Crippen molar-refractivity contribution in [1.82, 2.24) is 0 Å². The highest BCUT2D eigenvalue weighted by Crippen LogP contribution is 2.37. The second kappa shape index (κ2) is 5.74. The van der Waals surface area contributed by atoms with Gasteiger partial charge in [-0.2, -0.15) is 0 Å². The lowest BCUT2D eigenvalue weighted by Gasteiger charge is -2.31. The molecular formula is C17H21NO3. The number of rotatable bonds is 5. The number of carbonyl (C=O) groups is 1. The summed E-state index contributed by atoms with van der Waals surface area (Å²) in [7, 11) is 1.63. The van der Waals surface area contributed by atoms with Crippen molar-refractivity contribution in [2.24, 2.45) is 5.73 Å². The van der Waals surface area contributed by atoms with Crippen molar-refractivity contribution >= 4 is 16.7 Å². The topological polar surface area (TPSA) is 72.5 Å². The molecule has 0 spiro atoms. The molecule has 0 aliphatic rings. The summed E-state index contributed by atoms with van der Waals surface area (Å²) in [6, 6.07) is 11.6. The molecule has 4 heteroatoms. The van der Waals surface area contributed by atoms with Gasteiger partial charge in [-0.1, -0.05) is 30.3 Å². The van der Waals surface area contributed by atoms with Gasteiger partial charge in [-0.3, -0.25) is 4.79 Å². The number of ether oxygens (including phenoxy) is 1. The molecule has 0 radical (unpaired) electrons. The summed E-state index contributed by atoms with van der Waals surface area (Å²) >= 11 is 0. The fourth-order valence-corrected chi connectivity index (χ4v) is 2.73. The third-order valence-electron chi connectivity index (χ3n) is 3.79. The maximum atomic E-state index is 11.2. The van der Waals surface area contributed by atoms with Crippen LogP contribution in [0, 0.1) is 0 Å². The van der Waals surface area contributed by atoms with Gasteiger partial charge >= 0.3 is 5.97 Å². The minimum Gasteiger partial charge on any atom is -0.496 e. The van der Waals surface area contributed by atoms with Gasteiger partial charge in [0.25, 0.3) is 0 Å². The zero-order valence-corrected chi connectivity index (χ0v) is 12.6. The maximum absolute atomic E-state index is 11.2. The molecule has 2 aromatic carbocycles. The van der Waals surface area contributed by atoms with Crippen LogP contribution in [0.1, 0.15) is 31.7 Å². The van der Waals surface area contributed by atoms with Gasteiger partial charge in [-0.25, -0.2) is 0 Å². The first kappa shape index (κ1) is 15.3. The summed E-state index contributed by atoms with van der Waals surface area (Å²) in [5.41, 5.74) is 6.54. The number of hydrogen-bond acceptors (Lipinski definition) is 3. The lowest BCUT2D eigenvalue weighted by atomic mass is 9.78.